The third kappa shape index (κ3) is 3.67. The van der Waals surface area contributed by atoms with Crippen LogP contribution >= 0.6 is 0 Å². The minimum Gasteiger partial charge on any atom is -0.390 e. The van der Waals surface area contributed by atoms with Crippen molar-refractivity contribution < 1.29 is 9.84 Å². The van der Waals surface area contributed by atoms with Gasteiger partial charge in [-0.3, -0.25) is 0 Å². The zero-order valence-corrected chi connectivity index (χ0v) is 12.3. The van der Waals surface area contributed by atoms with Gasteiger partial charge in [0.1, 0.15) is 0 Å². The minimum atomic E-state index is -0.667. The summed E-state index contributed by atoms with van der Waals surface area (Å²) in [4.78, 5) is 0. The predicted molar refractivity (Wildman–Crippen MR) is 71.1 cm³/mol. The first-order valence-electron chi connectivity index (χ1n) is 6.74. The molecule has 0 radical (unpaired) electrons. The average molecular weight is 243 g/mol. The molecule has 0 saturated carbocycles. The molecule has 1 heterocycles. The van der Waals surface area contributed by atoms with E-state index in [1.807, 2.05) is 6.92 Å². The molecule has 3 heteroatoms. The lowest BCUT2D eigenvalue weighted by Crippen LogP contribution is -2.46. The summed E-state index contributed by atoms with van der Waals surface area (Å²) in [5.74, 6) is 0.184. The van der Waals surface area contributed by atoms with E-state index in [-0.39, 0.29) is 17.1 Å². The molecule has 3 nitrogen and oxygen atoms in total. The van der Waals surface area contributed by atoms with Gasteiger partial charge in [-0.2, -0.15) is 0 Å². The Bertz CT molecular complexity index is 259. The molecule has 1 rings (SSSR count). The number of rotatable bonds is 5. The molecular formula is C14H29NO2. The molecule has 0 aromatic carbocycles. The molecule has 0 bridgehead atoms. The molecule has 0 aromatic heterocycles. The zero-order chi connectivity index (χ0) is 13.3. The second-order valence-corrected chi connectivity index (χ2v) is 6.68. The van der Waals surface area contributed by atoms with Crippen LogP contribution in [0.25, 0.3) is 0 Å². The average Bonchev–Trinajstić information content (AvgIpc) is 2.35. The van der Waals surface area contributed by atoms with Crippen molar-refractivity contribution in [1.29, 1.82) is 0 Å². The fourth-order valence-electron chi connectivity index (χ4n) is 3.22. The van der Waals surface area contributed by atoms with Gasteiger partial charge in [-0.25, -0.2) is 0 Å². The predicted octanol–water partition coefficient (Wildman–Crippen LogP) is 2.33. The van der Waals surface area contributed by atoms with Crippen LogP contribution in [0, 0.1) is 5.92 Å². The van der Waals surface area contributed by atoms with Crippen molar-refractivity contribution in [3.8, 4) is 0 Å². The Labute approximate surface area is 106 Å². The monoisotopic (exact) mass is 243 g/mol. The number of hydrogen-bond donors (Lipinski definition) is 2. The molecule has 1 aliphatic heterocycles. The third-order valence-corrected chi connectivity index (χ3v) is 3.88. The van der Waals surface area contributed by atoms with E-state index in [1.54, 1.807) is 0 Å². The molecule has 1 fully saturated rings. The van der Waals surface area contributed by atoms with E-state index >= 15 is 0 Å². The van der Waals surface area contributed by atoms with E-state index in [1.165, 1.54) is 0 Å². The Morgan fingerprint density at radius 3 is 2.35 bits per heavy atom. The van der Waals surface area contributed by atoms with Crippen molar-refractivity contribution >= 4 is 0 Å². The summed E-state index contributed by atoms with van der Waals surface area (Å²) >= 11 is 0. The molecule has 102 valence electrons. The van der Waals surface area contributed by atoms with E-state index in [2.05, 4.69) is 39.9 Å². The van der Waals surface area contributed by atoms with Crippen LogP contribution in [0.1, 0.15) is 54.4 Å². The van der Waals surface area contributed by atoms with Crippen molar-refractivity contribution in [1.82, 2.24) is 5.32 Å². The van der Waals surface area contributed by atoms with Gasteiger partial charge < -0.3 is 15.2 Å². The third-order valence-electron chi connectivity index (χ3n) is 3.88. The van der Waals surface area contributed by atoms with Crippen LogP contribution in [0.3, 0.4) is 0 Å². The fourth-order valence-corrected chi connectivity index (χ4v) is 3.22. The summed E-state index contributed by atoms with van der Waals surface area (Å²) in [7, 11) is 0. The molecule has 1 saturated heterocycles. The van der Waals surface area contributed by atoms with Crippen LogP contribution in [0.4, 0.5) is 0 Å². The summed E-state index contributed by atoms with van der Waals surface area (Å²) in [6.45, 7) is 14.2. The quantitative estimate of drug-likeness (QED) is 0.728. The molecule has 2 atom stereocenters. The highest BCUT2D eigenvalue weighted by molar-refractivity contribution is 5.02. The zero-order valence-electron chi connectivity index (χ0n) is 12.3. The lowest BCUT2D eigenvalue weighted by molar-refractivity contribution is -0.110. The molecule has 17 heavy (non-hydrogen) atoms. The first-order chi connectivity index (χ1) is 7.61. The number of hydrogen-bond acceptors (Lipinski definition) is 3. The molecule has 2 unspecified atom stereocenters. The molecule has 1 aliphatic rings. The first-order valence-corrected chi connectivity index (χ1v) is 6.74. The SMILES string of the molecule is CCNCCC(C)(O)C1CC(C)(C)OC1(C)C. The first kappa shape index (κ1) is 14.9. The Morgan fingerprint density at radius 1 is 1.35 bits per heavy atom. The van der Waals surface area contributed by atoms with Crippen molar-refractivity contribution in [3.63, 3.8) is 0 Å². The van der Waals surface area contributed by atoms with Crippen LogP contribution in [-0.2, 0) is 4.74 Å². The van der Waals surface area contributed by atoms with Crippen LogP contribution in [0.15, 0.2) is 0 Å². The fraction of sp³-hybridized carbons (Fsp3) is 1.00. The van der Waals surface area contributed by atoms with Gasteiger partial charge >= 0.3 is 0 Å². The maximum absolute atomic E-state index is 10.7. The maximum Gasteiger partial charge on any atom is 0.0690 e. The summed E-state index contributed by atoms with van der Waals surface area (Å²) in [5.41, 5.74) is -1.05. The molecule has 2 N–H and O–H groups in total. The summed E-state index contributed by atoms with van der Waals surface area (Å²) in [5, 5.41) is 14.0. The highest BCUT2D eigenvalue weighted by Crippen LogP contribution is 2.47. The highest BCUT2D eigenvalue weighted by Gasteiger charge is 2.52. The van der Waals surface area contributed by atoms with E-state index in [9.17, 15) is 5.11 Å². The van der Waals surface area contributed by atoms with Crippen molar-refractivity contribution in [3.05, 3.63) is 0 Å². The van der Waals surface area contributed by atoms with Gasteiger partial charge in [0.25, 0.3) is 0 Å². The largest absolute Gasteiger partial charge is 0.390 e. The molecule has 0 spiro atoms. The summed E-state index contributed by atoms with van der Waals surface area (Å²) in [6.07, 6.45) is 1.69. The second kappa shape index (κ2) is 4.87. The normalized spacial score (nSPS) is 30.2. The summed E-state index contributed by atoms with van der Waals surface area (Å²) in [6, 6.07) is 0. The smallest absolute Gasteiger partial charge is 0.0690 e. The van der Waals surface area contributed by atoms with Gasteiger partial charge in [-0.15, -0.1) is 0 Å². The Hall–Kier alpha value is -0.120. The molecular weight excluding hydrogens is 214 g/mol. The molecule has 0 aliphatic carbocycles. The lowest BCUT2D eigenvalue weighted by atomic mass is 9.74. The Morgan fingerprint density at radius 2 is 1.94 bits per heavy atom. The van der Waals surface area contributed by atoms with E-state index < -0.39 is 5.60 Å². The minimum absolute atomic E-state index is 0.129. The van der Waals surface area contributed by atoms with Gasteiger partial charge in [0.2, 0.25) is 0 Å². The van der Waals surface area contributed by atoms with Crippen LogP contribution in [-0.4, -0.2) is 35.0 Å². The van der Waals surface area contributed by atoms with Crippen LogP contribution in [0.5, 0.6) is 0 Å². The number of ether oxygens (including phenoxy) is 1. The van der Waals surface area contributed by atoms with Gasteiger partial charge in [0.15, 0.2) is 0 Å². The highest BCUT2D eigenvalue weighted by atomic mass is 16.5. The van der Waals surface area contributed by atoms with Crippen molar-refractivity contribution in [2.45, 2.75) is 71.2 Å². The van der Waals surface area contributed by atoms with Gasteiger partial charge in [-0.1, -0.05) is 6.92 Å². The van der Waals surface area contributed by atoms with Crippen LogP contribution < -0.4 is 5.32 Å². The molecule has 0 aromatic rings. The Balaban J connectivity index is 2.70. The topological polar surface area (TPSA) is 41.5 Å². The standard InChI is InChI=1S/C14H29NO2/c1-7-15-9-8-14(6,16)11-10-12(2,3)17-13(11,4)5/h11,15-16H,7-10H2,1-6H3. The van der Waals surface area contributed by atoms with Gasteiger partial charge in [-0.05, 0) is 60.5 Å². The van der Waals surface area contributed by atoms with Crippen molar-refractivity contribution in [2.75, 3.05) is 13.1 Å². The maximum atomic E-state index is 10.7. The second-order valence-electron chi connectivity index (χ2n) is 6.68. The Kier molecular flexibility index (Phi) is 4.28. The van der Waals surface area contributed by atoms with E-state index in [4.69, 9.17) is 4.74 Å². The van der Waals surface area contributed by atoms with Crippen LogP contribution in [0.2, 0.25) is 0 Å². The van der Waals surface area contributed by atoms with Gasteiger partial charge in [0.05, 0.1) is 16.8 Å². The number of aliphatic hydroxyl groups is 1. The van der Waals surface area contributed by atoms with E-state index in [0.717, 1.165) is 25.9 Å². The summed E-state index contributed by atoms with van der Waals surface area (Å²) < 4.78 is 6.06. The lowest BCUT2D eigenvalue weighted by Gasteiger charge is -2.37. The number of nitrogens with one attached hydrogen (secondary N) is 1. The molecule has 0 amide bonds. The van der Waals surface area contributed by atoms with Crippen molar-refractivity contribution in [2.24, 2.45) is 5.92 Å². The van der Waals surface area contributed by atoms with Gasteiger partial charge in [0, 0.05) is 5.92 Å². The van der Waals surface area contributed by atoms with E-state index in [0.29, 0.717) is 0 Å².